The van der Waals surface area contributed by atoms with Crippen molar-refractivity contribution in [1.29, 1.82) is 0 Å². The number of ketones is 1. The molecule has 0 spiro atoms. The Bertz CT molecular complexity index is 556. The number of ether oxygens (including phenoxy) is 1. The third kappa shape index (κ3) is 2.18. The van der Waals surface area contributed by atoms with Gasteiger partial charge in [-0.05, 0) is 37.8 Å². The van der Waals surface area contributed by atoms with E-state index in [1.54, 1.807) is 6.07 Å². The number of benzene rings is 1. The van der Waals surface area contributed by atoms with E-state index in [4.69, 9.17) is 4.74 Å². The largest absolute Gasteiger partial charge is 0.493 e. The van der Waals surface area contributed by atoms with Crippen LogP contribution in [0.3, 0.4) is 0 Å². The van der Waals surface area contributed by atoms with E-state index >= 15 is 0 Å². The van der Waals surface area contributed by atoms with Crippen LogP contribution in [-0.2, 0) is 10.8 Å². The molecule has 3 nitrogen and oxygen atoms in total. The summed E-state index contributed by atoms with van der Waals surface area (Å²) in [6.07, 6.45) is 3.20. The summed E-state index contributed by atoms with van der Waals surface area (Å²) in [5.41, 5.74) is 0.310. The Morgan fingerprint density at radius 1 is 1.30 bits per heavy atom. The van der Waals surface area contributed by atoms with Gasteiger partial charge in [-0.1, -0.05) is 6.07 Å². The minimum Gasteiger partial charge on any atom is -0.493 e. The van der Waals surface area contributed by atoms with Crippen molar-refractivity contribution < 1.29 is 18.1 Å². The Morgan fingerprint density at radius 2 is 1.95 bits per heavy atom. The van der Waals surface area contributed by atoms with Gasteiger partial charge in [-0.2, -0.15) is 0 Å². The van der Waals surface area contributed by atoms with Crippen LogP contribution in [0.25, 0.3) is 0 Å². The summed E-state index contributed by atoms with van der Waals surface area (Å²) in [4.78, 5) is 12.6. The molecule has 0 N–H and O–H groups in total. The first-order chi connectivity index (χ1) is 9.61. The van der Waals surface area contributed by atoms with Crippen LogP contribution in [-0.4, -0.2) is 27.6 Å². The van der Waals surface area contributed by atoms with Crippen LogP contribution in [0, 0.1) is 11.7 Å². The summed E-state index contributed by atoms with van der Waals surface area (Å²) in [5.74, 6) is -0.715. The van der Waals surface area contributed by atoms with E-state index in [1.807, 2.05) is 0 Å². The zero-order valence-corrected chi connectivity index (χ0v) is 12.1. The summed E-state index contributed by atoms with van der Waals surface area (Å²) in [5, 5.41) is 0.282. The van der Waals surface area contributed by atoms with Gasteiger partial charge in [-0.15, -0.1) is 0 Å². The summed E-state index contributed by atoms with van der Waals surface area (Å²) in [6, 6.07) is 4.42. The molecule has 0 amide bonds. The molecule has 2 bridgehead atoms. The molecule has 2 atom stereocenters. The van der Waals surface area contributed by atoms with E-state index in [-0.39, 0.29) is 28.0 Å². The van der Waals surface area contributed by atoms with Crippen LogP contribution in [0.5, 0.6) is 5.75 Å². The first kappa shape index (κ1) is 13.7. The number of Topliss-reactive ketones (excluding diaryl/α,β-unsaturated/α-hetero) is 1. The molecule has 0 saturated carbocycles. The summed E-state index contributed by atoms with van der Waals surface area (Å²) < 4.78 is 30.7. The summed E-state index contributed by atoms with van der Waals surface area (Å²) in [6.45, 7) is 0. The predicted octanol–water partition coefficient (Wildman–Crippen LogP) is 2.71. The zero-order chi connectivity index (χ0) is 14.3. The van der Waals surface area contributed by atoms with Crippen molar-refractivity contribution in [2.24, 2.45) is 5.92 Å². The topological polar surface area (TPSA) is 43.4 Å². The maximum Gasteiger partial charge on any atom is 0.169 e. The van der Waals surface area contributed by atoms with Crippen LogP contribution in [0.15, 0.2) is 18.2 Å². The van der Waals surface area contributed by atoms with Crippen LogP contribution in [0.1, 0.15) is 36.0 Å². The highest BCUT2D eigenvalue weighted by molar-refractivity contribution is 7.86. The number of methoxy groups -OCH3 is 1. The minimum atomic E-state index is -0.781. The molecule has 20 heavy (non-hydrogen) atoms. The Hall–Kier alpha value is -1.23. The van der Waals surface area contributed by atoms with Crippen molar-refractivity contribution in [2.75, 3.05) is 7.11 Å². The zero-order valence-electron chi connectivity index (χ0n) is 11.3. The summed E-state index contributed by atoms with van der Waals surface area (Å²) >= 11 is 0. The summed E-state index contributed by atoms with van der Waals surface area (Å²) in [7, 11) is 0.589. The number of hydrogen-bond donors (Lipinski definition) is 0. The van der Waals surface area contributed by atoms with E-state index in [0.29, 0.717) is 18.4 Å². The lowest BCUT2D eigenvalue weighted by Gasteiger charge is -2.26. The van der Waals surface area contributed by atoms with Gasteiger partial charge in [-0.3, -0.25) is 9.00 Å². The van der Waals surface area contributed by atoms with Crippen molar-refractivity contribution >= 4 is 16.6 Å². The second-order valence-electron chi connectivity index (χ2n) is 5.50. The molecule has 2 saturated heterocycles. The lowest BCUT2D eigenvalue weighted by Crippen LogP contribution is -2.32. The van der Waals surface area contributed by atoms with Crippen molar-refractivity contribution in [1.82, 2.24) is 0 Å². The highest BCUT2D eigenvalue weighted by Crippen LogP contribution is 2.40. The maximum absolute atomic E-state index is 13.7. The highest BCUT2D eigenvalue weighted by Gasteiger charge is 2.43. The molecule has 2 aliphatic heterocycles. The number of hydrogen-bond acceptors (Lipinski definition) is 3. The quantitative estimate of drug-likeness (QED) is 0.806. The molecule has 2 heterocycles. The molecule has 5 heteroatoms. The van der Waals surface area contributed by atoms with E-state index in [9.17, 15) is 13.4 Å². The molecule has 2 fully saturated rings. The molecule has 1 aromatic carbocycles. The Kier molecular flexibility index (Phi) is 3.63. The standard InChI is InChI=1S/C15H17FO3S/c1-19-15-12(3-2-4-13(15)16)14(17)9-7-10-5-6-11(8-9)20(10)18/h2-4,9-11H,5-8H2,1H3. The first-order valence-corrected chi connectivity index (χ1v) is 8.15. The first-order valence-electron chi connectivity index (χ1n) is 6.88. The number of rotatable bonds is 3. The van der Waals surface area contributed by atoms with Gasteiger partial charge >= 0.3 is 0 Å². The van der Waals surface area contributed by atoms with Gasteiger partial charge < -0.3 is 4.74 Å². The van der Waals surface area contributed by atoms with Crippen molar-refractivity contribution in [3.05, 3.63) is 29.6 Å². The fourth-order valence-corrected chi connectivity index (χ4v) is 5.50. The molecule has 2 unspecified atom stereocenters. The van der Waals surface area contributed by atoms with Crippen LogP contribution in [0.4, 0.5) is 4.39 Å². The lowest BCUT2D eigenvalue weighted by molar-refractivity contribution is 0.0902. The normalized spacial score (nSPS) is 32.1. The SMILES string of the molecule is COc1c(F)cccc1C(=O)C1CC2CCC(C1)S2=O. The minimum absolute atomic E-state index is 0.0246. The van der Waals surface area contributed by atoms with Gasteiger partial charge in [0.1, 0.15) is 0 Å². The van der Waals surface area contributed by atoms with Crippen LogP contribution >= 0.6 is 0 Å². The Balaban J connectivity index is 1.87. The maximum atomic E-state index is 13.7. The molecule has 0 aliphatic carbocycles. The van der Waals surface area contributed by atoms with Crippen molar-refractivity contribution in [2.45, 2.75) is 36.2 Å². The average Bonchev–Trinajstić information content (AvgIpc) is 2.67. The monoisotopic (exact) mass is 296 g/mol. The van der Waals surface area contributed by atoms with Gasteiger partial charge in [-0.25, -0.2) is 4.39 Å². The van der Waals surface area contributed by atoms with E-state index in [0.717, 1.165) is 12.8 Å². The van der Waals surface area contributed by atoms with Gasteiger partial charge in [0, 0.05) is 27.2 Å². The van der Waals surface area contributed by atoms with Gasteiger partial charge in [0.2, 0.25) is 0 Å². The van der Waals surface area contributed by atoms with Crippen LogP contribution < -0.4 is 4.74 Å². The highest BCUT2D eigenvalue weighted by atomic mass is 32.2. The molecule has 1 aromatic rings. The fraction of sp³-hybridized carbons (Fsp3) is 0.533. The van der Waals surface area contributed by atoms with Gasteiger partial charge in [0.15, 0.2) is 17.3 Å². The average molecular weight is 296 g/mol. The second-order valence-corrected chi connectivity index (χ2v) is 7.49. The van der Waals surface area contributed by atoms with Crippen LogP contribution in [0.2, 0.25) is 0 Å². The fourth-order valence-electron chi connectivity index (χ4n) is 3.38. The molecular weight excluding hydrogens is 279 g/mol. The molecular formula is C15H17FO3S. The number of carbonyl (C=O) groups excluding carboxylic acids is 1. The van der Waals surface area contributed by atoms with Crippen molar-refractivity contribution in [3.63, 3.8) is 0 Å². The Labute approximate surface area is 120 Å². The van der Waals surface area contributed by atoms with Gasteiger partial charge in [0.05, 0.1) is 12.7 Å². The second kappa shape index (κ2) is 5.28. The smallest absolute Gasteiger partial charge is 0.169 e. The third-order valence-electron chi connectivity index (χ3n) is 4.37. The number of para-hydroxylation sites is 1. The number of carbonyl (C=O) groups is 1. The molecule has 2 aliphatic rings. The lowest BCUT2D eigenvalue weighted by atomic mass is 9.90. The molecule has 108 valence electrons. The van der Waals surface area contributed by atoms with E-state index in [1.165, 1.54) is 19.2 Å². The van der Waals surface area contributed by atoms with Gasteiger partial charge in [0.25, 0.3) is 0 Å². The Morgan fingerprint density at radius 3 is 2.55 bits per heavy atom. The molecule has 0 aromatic heterocycles. The van der Waals surface area contributed by atoms with E-state index in [2.05, 4.69) is 0 Å². The van der Waals surface area contributed by atoms with E-state index < -0.39 is 16.6 Å². The third-order valence-corrected chi connectivity index (χ3v) is 6.54. The molecule has 0 radical (unpaired) electrons. The van der Waals surface area contributed by atoms with Crippen molar-refractivity contribution in [3.8, 4) is 5.75 Å². The molecule has 3 rings (SSSR count). The number of fused-ring (bicyclic) bond motifs is 2. The number of halogens is 1. The predicted molar refractivity (Wildman–Crippen MR) is 75.0 cm³/mol.